The molecule has 2 N–H and O–H groups in total. The molecule has 0 saturated carbocycles. The van der Waals surface area contributed by atoms with Gasteiger partial charge in [-0.2, -0.15) is 0 Å². The Hall–Kier alpha value is -0.860. The van der Waals surface area contributed by atoms with Crippen molar-refractivity contribution in [3.8, 4) is 0 Å². The molecule has 1 aliphatic rings. The molecule has 0 atom stereocenters. The van der Waals surface area contributed by atoms with Gasteiger partial charge in [-0.1, -0.05) is 39.8 Å². The van der Waals surface area contributed by atoms with Crippen LogP contribution in [0, 0.1) is 0 Å². The Morgan fingerprint density at radius 3 is 2.16 bits per heavy atom. The molecule has 0 radical (unpaired) electrons. The highest BCUT2D eigenvalue weighted by Gasteiger charge is 2.37. The minimum absolute atomic E-state index is 0. The van der Waals surface area contributed by atoms with Crippen molar-refractivity contribution in [2.45, 2.75) is 51.4 Å². The molecule has 2 nitrogen and oxygen atoms in total. The summed E-state index contributed by atoms with van der Waals surface area (Å²) >= 11 is 0. The van der Waals surface area contributed by atoms with Gasteiger partial charge in [0.1, 0.15) is 0 Å². The van der Waals surface area contributed by atoms with Gasteiger partial charge in [-0.3, -0.25) is 4.79 Å². The minimum Gasteiger partial charge on any atom is -0.324 e. The van der Waals surface area contributed by atoms with E-state index in [1.165, 1.54) is 17.5 Å². The SMILES string of the molecule is CC1(C)CCC(C)(C)c2cc(C(=O)CN)ccc21.Cl. The molecule has 0 aliphatic heterocycles. The first-order valence-corrected chi connectivity index (χ1v) is 6.66. The van der Waals surface area contributed by atoms with Gasteiger partial charge in [0.15, 0.2) is 5.78 Å². The molecule has 0 unspecified atom stereocenters. The van der Waals surface area contributed by atoms with E-state index >= 15 is 0 Å². The van der Waals surface area contributed by atoms with Gasteiger partial charge in [0.05, 0.1) is 6.54 Å². The summed E-state index contributed by atoms with van der Waals surface area (Å²) < 4.78 is 0. The smallest absolute Gasteiger partial charge is 0.176 e. The van der Waals surface area contributed by atoms with E-state index in [4.69, 9.17) is 5.73 Å². The Kier molecular flexibility index (Phi) is 4.48. The standard InChI is InChI=1S/C16H23NO.ClH/c1-15(2)7-8-16(3,4)13-9-11(14(18)10-17)5-6-12(13)15;/h5-6,9H,7-8,10,17H2,1-4H3;1H. The van der Waals surface area contributed by atoms with E-state index in [0.717, 1.165) is 12.0 Å². The summed E-state index contributed by atoms with van der Waals surface area (Å²) in [5, 5.41) is 0. The first-order chi connectivity index (χ1) is 8.28. The number of hydrogen-bond donors (Lipinski definition) is 1. The topological polar surface area (TPSA) is 43.1 Å². The fraction of sp³-hybridized carbons (Fsp3) is 0.562. The average molecular weight is 282 g/mol. The highest BCUT2D eigenvalue weighted by molar-refractivity contribution is 5.97. The third-order valence-electron chi connectivity index (χ3n) is 4.36. The summed E-state index contributed by atoms with van der Waals surface area (Å²) in [6.07, 6.45) is 2.35. The van der Waals surface area contributed by atoms with Crippen molar-refractivity contribution in [2.75, 3.05) is 6.54 Å². The second kappa shape index (κ2) is 5.26. The zero-order valence-electron chi connectivity index (χ0n) is 12.2. The predicted octanol–water partition coefficient (Wildman–Crippen LogP) is 3.60. The van der Waals surface area contributed by atoms with Gasteiger partial charge in [0.25, 0.3) is 0 Å². The molecular formula is C16H24ClNO. The number of nitrogens with two attached hydrogens (primary N) is 1. The largest absolute Gasteiger partial charge is 0.324 e. The summed E-state index contributed by atoms with van der Waals surface area (Å²) in [5.41, 5.74) is 9.25. The normalized spacial score (nSPS) is 19.2. The second-order valence-electron chi connectivity index (χ2n) is 6.66. The molecule has 0 spiro atoms. The molecule has 1 aromatic carbocycles. The van der Waals surface area contributed by atoms with Crippen LogP contribution in [-0.4, -0.2) is 12.3 Å². The van der Waals surface area contributed by atoms with Gasteiger partial charge in [0.2, 0.25) is 0 Å². The van der Waals surface area contributed by atoms with E-state index in [2.05, 4.69) is 39.8 Å². The highest BCUT2D eigenvalue weighted by atomic mass is 35.5. The molecule has 0 heterocycles. The van der Waals surface area contributed by atoms with Crippen molar-refractivity contribution in [1.29, 1.82) is 0 Å². The maximum atomic E-state index is 11.7. The lowest BCUT2D eigenvalue weighted by molar-refractivity contribution is 0.100. The number of carbonyl (C=O) groups is 1. The third-order valence-corrected chi connectivity index (χ3v) is 4.36. The summed E-state index contributed by atoms with van der Waals surface area (Å²) in [6.45, 7) is 9.18. The predicted molar refractivity (Wildman–Crippen MR) is 82.4 cm³/mol. The summed E-state index contributed by atoms with van der Waals surface area (Å²) in [4.78, 5) is 11.7. The average Bonchev–Trinajstić information content (AvgIpc) is 2.34. The van der Waals surface area contributed by atoms with Crippen molar-refractivity contribution in [2.24, 2.45) is 5.73 Å². The molecule has 106 valence electrons. The molecular weight excluding hydrogens is 258 g/mol. The fourth-order valence-electron chi connectivity index (χ4n) is 2.88. The van der Waals surface area contributed by atoms with Crippen LogP contribution in [0.1, 0.15) is 62.0 Å². The molecule has 0 bridgehead atoms. The zero-order valence-corrected chi connectivity index (χ0v) is 13.1. The number of carbonyl (C=O) groups excluding carboxylic acids is 1. The van der Waals surface area contributed by atoms with Crippen molar-refractivity contribution >= 4 is 18.2 Å². The van der Waals surface area contributed by atoms with Crippen LogP contribution in [0.25, 0.3) is 0 Å². The third kappa shape index (κ3) is 2.85. The highest BCUT2D eigenvalue weighted by Crippen LogP contribution is 2.45. The number of Topliss-reactive ketones (excluding diaryl/α,β-unsaturated/α-hetero) is 1. The maximum absolute atomic E-state index is 11.7. The lowest BCUT2D eigenvalue weighted by Gasteiger charge is -2.42. The van der Waals surface area contributed by atoms with E-state index in [1.54, 1.807) is 0 Å². The van der Waals surface area contributed by atoms with E-state index < -0.39 is 0 Å². The van der Waals surface area contributed by atoms with E-state index in [-0.39, 0.29) is 35.6 Å². The van der Waals surface area contributed by atoms with E-state index in [9.17, 15) is 4.79 Å². The lowest BCUT2D eigenvalue weighted by Crippen LogP contribution is -2.34. The molecule has 0 fully saturated rings. The van der Waals surface area contributed by atoms with Gasteiger partial charge in [-0.15, -0.1) is 12.4 Å². The molecule has 19 heavy (non-hydrogen) atoms. The van der Waals surface area contributed by atoms with Crippen LogP contribution in [0.5, 0.6) is 0 Å². The number of halogens is 1. The Morgan fingerprint density at radius 2 is 1.63 bits per heavy atom. The van der Waals surface area contributed by atoms with Crippen molar-refractivity contribution < 1.29 is 4.79 Å². The second-order valence-corrected chi connectivity index (χ2v) is 6.66. The molecule has 2 rings (SSSR count). The first-order valence-electron chi connectivity index (χ1n) is 6.66. The van der Waals surface area contributed by atoms with Crippen LogP contribution < -0.4 is 5.73 Å². The summed E-state index contributed by atoms with van der Waals surface area (Å²) in [7, 11) is 0. The monoisotopic (exact) mass is 281 g/mol. The Labute approximate surface area is 122 Å². The quantitative estimate of drug-likeness (QED) is 0.842. The van der Waals surface area contributed by atoms with Crippen LogP contribution in [0.3, 0.4) is 0 Å². The maximum Gasteiger partial charge on any atom is 0.176 e. The van der Waals surface area contributed by atoms with Crippen molar-refractivity contribution in [3.05, 3.63) is 34.9 Å². The summed E-state index contributed by atoms with van der Waals surface area (Å²) in [6, 6.07) is 6.11. The van der Waals surface area contributed by atoms with Gasteiger partial charge < -0.3 is 5.73 Å². The first kappa shape index (κ1) is 16.2. The van der Waals surface area contributed by atoms with Gasteiger partial charge in [0, 0.05) is 5.56 Å². The van der Waals surface area contributed by atoms with Gasteiger partial charge >= 0.3 is 0 Å². The van der Waals surface area contributed by atoms with E-state index in [0.29, 0.717) is 0 Å². The number of rotatable bonds is 2. The molecule has 1 aromatic rings. The molecule has 0 amide bonds. The van der Waals surface area contributed by atoms with Crippen molar-refractivity contribution in [1.82, 2.24) is 0 Å². The van der Waals surface area contributed by atoms with Crippen LogP contribution >= 0.6 is 12.4 Å². The number of hydrogen-bond acceptors (Lipinski definition) is 2. The van der Waals surface area contributed by atoms with Crippen LogP contribution in [-0.2, 0) is 10.8 Å². The minimum atomic E-state index is 0. The van der Waals surface area contributed by atoms with E-state index in [1.807, 2.05) is 6.07 Å². The van der Waals surface area contributed by atoms with Gasteiger partial charge in [-0.05, 0) is 40.9 Å². The summed E-state index contributed by atoms with van der Waals surface area (Å²) in [5.74, 6) is 0.0250. The Bertz CT molecular complexity index is 492. The Morgan fingerprint density at radius 1 is 1.11 bits per heavy atom. The van der Waals surface area contributed by atoms with Gasteiger partial charge in [-0.25, -0.2) is 0 Å². The van der Waals surface area contributed by atoms with Crippen molar-refractivity contribution in [3.63, 3.8) is 0 Å². The fourth-order valence-corrected chi connectivity index (χ4v) is 2.88. The number of ketones is 1. The van der Waals surface area contributed by atoms with Crippen LogP contribution in [0.15, 0.2) is 18.2 Å². The molecule has 3 heteroatoms. The lowest BCUT2D eigenvalue weighted by atomic mass is 9.63. The Balaban J connectivity index is 0.00000180. The number of fused-ring (bicyclic) bond motifs is 1. The molecule has 0 saturated heterocycles. The van der Waals surface area contributed by atoms with Crippen LogP contribution in [0.4, 0.5) is 0 Å². The molecule has 1 aliphatic carbocycles. The number of benzene rings is 1. The molecule has 0 aromatic heterocycles. The zero-order chi connectivity index (χ0) is 13.6. The van der Waals surface area contributed by atoms with Crippen LogP contribution in [0.2, 0.25) is 0 Å².